The molecule has 0 radical (unpaired) electrons. The molecular weight excluding hydrogens is 236 g/mol. The van der Waals surface area contributed by atoms with Crippen LogP contribution in [0.1, 0.15) is 6.42 Å². The Morgan fingerprint density at radius 1 is 1.12 bits per heavy atom. The van der Waals surface area contributed by atoms with Crippen molar-refractivity contribution in [1.82, 2.24) is 0 Å². The molecule has 0 aliphatic carbocycles. The Balaban J connectivity index is 2.70. The topological polar surface area (TPSA) is 61.8 Å². The molecule has 0 aliphatic heterocycles. The van der Waals surface area contributed by atoms with Gasteiger partial charge < -0.3 is 14.2 Å². The summed E-state index contributed by atoms with van der Waals surface area (Å²) in [6.45, 7) is 0. The van der Waals surface area contributed by atoms with Gasteiger partial charge in [-0.1, -0.05) is 18.2 Å². The molecule has 1 aromatic rings. The van der Waals surface area contributed by atoms with E-state index in [2.05, 4.69) is 9.47 Å². The van der Waals surface area contributed by atoms with E-state index in [-0.39, 0.29) is 6.42 Å². The number of esters is 2. The maximum Gasteiger partial charge on any atom is 0.347 e. The third-order valence-corrected chi connectivity index (χ3v) is 2.07. The summed E-state index contributed by atoms with van der Waals surface area (Å²) in [5.41, 5.74) is 0. The maximum absolute atomic E-state index is 11.4. The average molecular weight is 250 g/mol. The summed E-state index contributed by atoms with van der Waals surface area (Å²) in [6, 6.07) is 8.73. The Morgan fingerprint density at radius 3 is 2.29 bits per heavy atom. The highest BCUT2D eigenvalue weighted by Crippen LogP contribution is 2.13. The Labute approximate surface area is 99.3 Å². The van der Waals surface area contributed by atoms with Crippen LogP contribution in [0.2, 0.25) is 0 Å². The van der Waals surface area contributed by atoms with Crippen molar-refractivity contribution in [3.05, 3.63) is 30.3 Å². The lowest BCUT2D eigenvalue weighted by molar-refractivity contribution is -0.155. The smallest absolute Gasteiger partial charge is 0.347 e. The molecular formula is C12H14O5. The van der Waals surface area contributed by atoms with Crippen LogP contribution in [-0.2, 0) is 19.1 Å². The van der Waals surface area contributed by atoms with Gasteiger partial charge in [0.05, 0.1) is 20.6 Å². The van der Waals surface area contributed by atoms with Crippen LogP contribution in [0.25, 0.3) is 0 Å². The van der Waals surface area contributed by atoms with Crippen molar-refractivity contribution in [3.8, 4) is 5.75 Å². The SMILES string of the molecule is COC(=O)CC(O[14c]1[14cH][14cH][14cH][14cH][14cH]1)C(=O)OC. The van der Waals surface area contributed by atoms with Crippen LogP contribution in [0.3, 0.4) is 0 Å². The van der Waals surface area contributed by atoms with Gasteiger partial charge in [0.2, 0.25) is 6.10 Å². The minimum absolute atomic E-state index is 0.182. The fourth-order valence-electron chi connectivity index (χ4n) is 1.20. The molecule has 0 amide bonds. The fourth-order valence-corrected chi connectivity index (χ4v) is 1.20. The predicted molar refractivity (Wildman–Crippen MR) is 59.5 cm³/mol. The number of hydrogen-bond acceptors (Lipinski definition) is 5. The number of carbonyl (C=O) groups excluding carboxylic acids is 2. The van der Waals surface area contributed by atoms with Crippen molar-refractivity contribution in [3.63, 3.8) is 0 Å². The zero-order valence-corrected chi connectivity index (χ0v) is 9.71. The van der Waals surface area contributed by atoms with E-state index in [1.54, 1.807) is 24.3 Å². The van der Waals surface area contributed by atoms with Gasteiger partial charge in [0, 0.05) is 0 Å². The minimum Gasteiger partial charge on any atom is -0.478 e. The van der Waals surface area contributed by atoms with Crippen LogP contribution in [0.4, 0.5) is 0 Å². The molecule has 92 valence electrons. The lowest BCUT2D eigenvalue weighted by Crippen LogP contribution is -2.31. The molecule has 0 aromatic heterocycles. The van der Waals surface area contributed by atoms with E-state index in [9.17, 15) is 9.59 Å². The van der Waals surface area contributed by atoms with Gasteiger partial charge in [-0.15, -0.1) is 0 Å². The molecule has 17 heavy (non-hydrogen) atoms. The predicted octanol–water partition coefficient (Wildman–Crippen LogP) is 1.17. The van der Waals surface area contributed by atoms with Gasteiger partial charge in [-0.3, -0.25) is 4.79 Å². The van der Waals surface area contributed by atoms with E-state index in [4.69, 9.17) is 4.74 Å². The number of para-hydroxylation sites is 1. The first-order valence-corrected chi connectivity index (χ1v) is 5.03. The third kappa shape index (κ3) is 4.14. The average Bonchev–Trinajstić information content (AvgIpc) is 2.38. The van der Waals surface area contributed by atoms with E-state index in [1.165, 1.54) is 14.2 Å². The Kier molecular flexibility index (Phi) is 5.00. The second-order valence-electron chi connectivity index (χ2n) is 3.22. The normalized spacial score (nSPS) is 11.4. The molecule has 0 saturated carbocycles. The summed E-state index contributed by atoms with van der Waals surface area (Å²) >= 11 is 0. The standard InChI is InChI=1S/C12H14O5/c1-15-11(13)8-10(12(14)16-2)17-9-6-4-3-5-7-9/h3-7,10H,8H2,1-2H3/i3+2,4+2,5+2,6+2,7+2,9+2. The summed E-state index contributed by atoms with van der Waals surface area (Å²) in [4.78, 5) is 22.5. The van der Waals surface area contributed by atoms with E-state index in [1.807, 2.05) is 6.07 Å². The lowest BCUT2D eigenvalue weighted by Gasteiger charge is -2.15. The van der Waals surface area contributed by atoms with Crippen LogP contribution in [0.15, 0.2) is 30.3 Å². The summed E-state index contributed by atoms with van der Waals surface area (Å²) in [7, 11) is 2.49. The largest absolute Gasteiger partial charge is 0.478 e. The number of ether oxygens (including phenoxy) is 3. The fraction of sp³-hybridized carbons (Fsp3) is 0.333. The van der Waals surface area contributed by atoms with E-state index < -0.39 is 18.0 Å². The number of methoxy groups -OCH3 is 2. The van der Waals surface area contributed by atoms with Crippen LogP contribution in [0, 0.1) is 0 Å². The third-order valence-electron chi connectivity index (χ3n) is 2.07. The summed E-state index contributed by atoms with van der Waals surface area (Å²) in [5.74, 6) is -0.651. The summed E-state index contributed by atoms with van der Waals surface area (Å²) in [5, 5.41) is 0. The second-order valence-corrected chi connectivity index (χ2v) is 3.22. The van der Waals surface area contributed by atoms with Crippen LogP contribution >= 0.6 is 0 Å². The lowest BCUT2D eigenvalue weighted by atomic mass is 10.2. The van der Waals surface area contributed by atoms with Crippen molar-refractivity contribution in [1.29, 1.82) is 0 Å². The highest BCUT2D eigenvalue weighted by atomic mass is 16.7. The first-order chi connectivity index (χ1) is 8.17. The Bertz CT molecular complexity index is 374. The van der Waals surface area contributed by atoms with Crippen molar-refractivity contribution < 1.29 is 23.8 Å². The van der Waals surface area contributed by atoms with Gasteiger partial charge in [0.15, 0.2) is 0 Å². The number of benzene rings is 1. The van der Waals surface area contributed by atoms with Gasteiger partial charge in [0.1, 0.15) is 5.75 Å². The van der Waals surface area contributed by atoms with Crippen LogP contribution in [-0.4, -0.2) is 32.3 Å². The molecule has 0 spiro atoms. The van der Waals surface area contributed by atoms with E-state index >= 15 is 0 Å². The van der Waals surface area contributed by atoms with Crippen molar-refractivity contribution in [2.75, 3.05) is 14.2 Å². The minimum atomic E-state index is -0.991. The monoisotopic (exact) mass is 250 g/mol. The molecule has 1 aromatic carbocycles. The van der Waals surface area contributed by atoms with Gasteiger partial charge in [0.25, 0.3) is 0 Å². The zero-order chi connectivity index (χ0) is 12.7. The molecule has 0 fully saturated rings. The highest BCUT2D eigenvalue weighted by molar-refractivity contribution is 5.82. The number of hydrogen-bond donors (Lipinski definition) is 0. The maximum atomic E-state index is 11.4. The first-order valence-electron chi connectivity index (χ1n) is 5.03. The molecule has 1 rings (SSSR count). The number of carbonyl (C=O) groups is 2. The Hall–Kier alpha value is -2.04. The molecule has 0 N–H and O–H groups in total. The van der Waals surface area contributed by atoms with Gasteiger partial charge in [-0.2, -0.15) is 0 Å². The number of rotatable bonds is 5. The highest BCUT2D eigenvalue weighted by Gasteiger charge is 2.25. The molecule has 1 atom stereocenters. The summed E-state index contributed by atoms with van der Waals surface area (Å²) in [6.07, 6.45) is -1.17. The van der Waals surface area contributed by atoms with Gasteiger partial charge >= 0.3 is 11.9 Å². The van der Waals surface area contributed by atoms with Crippen LogP contribution < -0.4 is 4.74 Å². The molecule has 0 heterocycles. The van der Waals surface area contributed by atoms with Gasteiger partial charge in [-0.25, -0.2) is 4.79 Å². The van der Waals surface area contributed by atoms with E-state index in [0.717, 1.165) is 0 Å². The van der Waals surface area contributed by atoms with Crippen molar-refractivity contribution >= 4 is 11.9 Å². The van der Waals surface area contributed by atoms with Crippen LogP contribution in [0.5, 0.6) is 5.75 Å². The first kappa shape index (κ1) is 13.0. The van der Waals surface area contributed by atoms with Crippen molar-refractivity contribution in [2.24, 2.45) is 0 Å². The molecule has 0 saturated heterocycles. The quantitative estimate of drug-likeness (QED) is 0.734. The molecule has 0 bridgehead atoms. The molecule has 1 unspecified atom stereocenters. The molecule has 5 nitrogen and oxygen atoms in total. The second kappa shape index (κ2) is 6.52. The van der Waals surface area contributed by atoms with Crippen molar-refractivity contribution in [2.45, 2.75) is 12.5 Å². The molecule has 5 heteroatoms. The van der Waals surface area contributed by atoms with Gasteiger partial charge in [-0.05, 0) is 12.1 Å². The molecule has 0 aliphatic rings. The van der Waals surface area contributed by atoms with E-state index in [0.29, 0.717) is 5.75 Å². The Morgan fingerprint density at radius 2 is 1.76 bits per heavy atom. The zero-order valence-electron chi connectivity index (χ0n) is 9.71. The summed E-state index contributed by atoms with van der Waals surface area (Å²) < 4.78 is 14.4.